The first-order valence-corrected chi connectivity index (χ1v) is 5.12. The first-order valence-electron chi connectivity index (χ1n) is 4.75. The molecule has 1 N–H and O–H groups in total. The lowest BCUT2D eigenvalue weighted by Gasteiger charge is -2.19. The van der Waals surface area contributed by atoms with Gasteiger partial charge in [-0.25, -0.2) is 0 Å². The van der Waals surface area contributed by atoms with Crippen molar-refractivity contribution in [3.63, 3.8) is 0 Å². The van der Waals surface area contributed by atoms with Gasteiger partial charge in [-0.2, -0.15) is 0 Å². The summed E-state index contributed by atoms with van der Waals surface area (Å²) in [5.74, 6) is -0.116. The van der Waals surface area contributed by atoms with Crippen molar-refractivity contribution in [1.29, 1.82) is 0 Å². The first-order chi connectivity index (χ1) is 7.58. The summed E-state index contributed by atoms with van der Waals surface area (Å²) in [5, 5.41) is 3.02. The number of nitrogens with zero attached hydrogens (tertiary/aromatic N) is 1. The molecule has 0 aliphatic heterocycles. The Labute approximate surface area is 99.2 Å². The molecule has 4 nitrogen and oxygen atoms in total. The molecule has 0 saturated heterocycles. The van der Waals surface area contributed by atoms with E-state index in [1.165, 1.54) is 0 Å². The number of anilines is 1. The largest absolute Gasteiger partial charge is 0.365 e. The number of hydrogen-bond donors (Lipinski definition) is 1. The minimum atomic E-state index is -0.116. The second kappa shape index (κ2) is 5.51. The molecule has 1 amide bonds. The average Bonchev–Trinajstić information content (AvgIpc) is 2.28. The van der Waals surface area contributed by atoms with Crippen LogP contribution < -0.4 is 10.2 Å². The van der Waals surface area contributed by atoms with Crippen molar-refractivity contribution >= 4 is 29.5 Å². The number of nitrogens with one attached hydrogen (secondary N) is 1. The van der Waals surface area contributed by atoms with Gasteiger partial charge in [-0.15, -0.1) is 0 Å². The fraction of sp³-hybridized carbons (Fsp3) is 0.273. The molecule has 0 bridgehead atoms. The van der Waals surface area contributed by atoms with Crippen LogP contribution in [0.15, 0.2) is 18.2 Å². The van der Waals surface area contributed by atoms with E-state index in [1.807, 2.05) is 0 Å². The highest BCUT2D eigenvalue weighted by Gasteiger charge is 2.10. The number of halogens is 1. The number of likely N-dealkylation sites (N-methyl/N-ethyl adjacent to an activating group) is 2. The number of rotatable bonds is 4. The Kier molecular flexibility index (Phi) is 4.31. The molecule has 1 aromatic carbocycles. The molecule has 0 atom stereocenters. The van der Waals surface area contributed by atoms with Gasteiger partial charge in [0.05, 0.1) is 6.54 Å². The number of carbonyl (C=O) groups excluding carboxylic acids is 2. The van der Waals surface area contributed by atoms with E-state index in [4.69, 9.17) is 11.6 Å². The van der Waals surface area contributed by atoms with E-state index >= 15 is 0 Å². The van der Waals surface area contributed by atoms with Crippen molar-refractivity contribution < 1.29 is 9.59 Å². The van der Waals surface area contributed by atoms with E-state index < -0.39 is 0 Å². The molecule has 0 aromatic heterocycles. The van der Waals surface area contributed by atoms with Gasteiger partial charge in [-0.05, 0) is 18.2 Å². The SMILES string of the molecule is CNC(=O)CN(C)c1ccc(Cl)cc1C=O. The normalized spacial score (nSPS) is 9.69. The van der Waals surface area contributed by atoms with Crippen molar-refractivity contribution in [3.05, 3.63) is 28.8 Å². The van der Waals surface area contributed by atoms with Crippen molar-refractivity contribution in [2.45, 2.75) is 0 Å². The number of amides is 1. The fourth-order valence-electron chi connectivity index (χ4n) is 1.35. The maximum Gasteiger partial charge on any atom is 0.239 e. The van der Waals surface area contributed by atoms with Crippen LogP contribution in [0.25, 0.3) is 0 Å². The van der Waals surface area contributed by atoms with Crippen LogP contribution in [-0.2, 0) is 4.79 Å². The minimum absolute atomic E-state index is 0.116. The standard InChI is InChI=1S/C11H13ClN2O2/c1-13-11(16)6-14(2)10-4-3-9(12)5-8(10)7-15/h3-5,7H,6H2,1-2H3,(H,13,16). The van der Waals surface area contributed by atoms with E-state index in [0.29, 0.717) is 16.3 Å². The van der Waals surface area contributed by atoms with Gasteiger partial charge in [0, 0.05) is 30.4 Å². The topological polar surface area (TPSA) is 49.4 Å². The van der Waals surface area contributed by atoms with Crippen LogP contribution in [0.4, 0.5) is 5.69 Å². The Morgan fingerprint density at radius 1 is 1.56 bits per heavy atom. The molecule has 1 aromatic rings. The maximum absolute atomic E-state index is 11.2. The van der Waals surface area contributed by atoms with Gasteiger partial charge >= 0.3 is 0 Å². The number of hydrogen-bond acceptors (Lipinski definition) is 3. The molecule has 0 fully saturated rings. The Morgan fingerprint density at radius 2 is 2.25 bits per heavy atom. The number of benzene rings is 1. The van der Waals surface area contributed by atoms with E-state index in [0.717, 1.165) is 6.29 Å². The van der Waals surface area contributed by atoms with Crippen LogP contribution in [-0.4, -0.2) is 32.8 Å². The molecule has 0 spiro atoms. The second-order valence-electron chi connectivity index (χ2n) is 3.35. The van der Waals surface area contributed by atoms with Crippen molar-refractivity contribution in [2.75, 3.05) is 25.5 Å². The Bertz CT molecular complexity index is 407. The summed E-state index contributed by atoms with van der Waals surface area (Å²) in [6.45, 7) is 0.193. The van der Waals surface area contributed by atoms with Gasteiger partial charge in [-0.3, -0.25) is 9.59 Å². The second-order valence-corrected chi connectivity index (χ2v) is 3.79. The van der Waals surface area contributed by atoms with Gasteiger partial charge in [0.25, 0.3) is 0 Å². The summed E-state index contributed by atoms with van der Waals surface area (Å²) >= 11 is 5.78. The third kappa shape index (κ3) is 2.97. The molecule has 0 aliphatic carbocycles. The Balaban J connectivity index is 2.94. The molecular formula is C11H13ClN2O2. The zero-order valence-electron chi connectivity index (χ0n) is 9.16. The van der Waals surface area contributed by atoms with Crippen molar-refractivity contribution in [2.24, 2.45) is 0 Å². The summed E-state index contributed by atoms with van der Waals surface area (Å²) in [4.78, 5) is 23.7. The molecule has 1 rings (SSSR count). The van der Waals surface area contributed by atoms with Gasteiger partial charge in [0.15, 0.2) is 6.29 Å². The molecule has 5 heteroatoms. The molecule has 0 radical (unpaired) electrons. The molecule has 0 aliphatic rings. The quantitative estimate of drug-likeness (QED) is 0.808. The van der Waals surface area contributed by atoms with E-state index in [-0.39, 0.29) is 12.5 Å². The van der Waals surface area contributed by atoms with Gasteiger partial charge in [0.1, 0.15) is 0 Å². The van der Waals surface area contributed by atoms with E-state index in [9.17, 15) is 9.59 Å². The molecule has 0 heterocycles. The molecule has 16 heavy (non-hydrogen) atoms. The lowest BCUT2D eigenvalue weighted by atomic mass is 10.2. The van der Waals surface area contributed by atoms with E-state index in [2.05, 4.69) is 5.32 Å². The van der Waals surface area contributed by atoms with Crippen molar-refractivity contribution in [3.8, 4) is 0 Å². The summed E-state index contributed by atoms with van der Waals surface area (Å²) < 4.78 is 0. The number of carbonyl (C=O) groups is 2. The zero-order chi connectivity index (χ0) is 12.1. The summed E-state index contributed by atoms with van der Waals surface area (Å²) in [5.41, 5.74) is 1.15. The first kappa shape index (κ1) is 12.5. The highest BCUT2D eigenvalue weighted by atomic mass is 35.5. The Hall–Kier alpha value is -1.55. The monoisotopic (exact) mass is 240 g/mol. The van der Waals surface area contributed by atoms with Crippen LogP contribution in [0.1, 0.15) is 10.4 Å². The van der Waals surface area contributed by atoms with Crippen molar-refractivity contribution in [1.82, 2.24) is 5.32 Å². The third-order valence-electron chi connectivity index (χ3n) is 2.19. The minimum Gasteiger partial charge on any atom is -0.365 e. The summed E-state index contributed by atoms with van der Waals surface area (Å²) in [7, 11) is 3.31. The van der Waals surface area contributed by atoms with Crippen LogP contribution in [0.2, 0.25) is 5.02 Å². The molecule has 0 unspecified atom stereocenters. The fourth-order valence-corrected chi connectivity index (χ4v) is 1.53. The van der Waals surface area contributed by atoms with Gasteiger partial charge in [-0.1, -0.05) is 11.6 Å². The highest BCUT2D eigenvalue weighted by molar-refractivity contribution is 6.31. The average molecular weight is 241 g/mol. The molecule has 86 valence electrons. The molecular weight excluding hydrogens is 228 g/mol. The van der Waals surface area contributed by atoms with Crippen LogP contribution in [0, 0.1) is 0 Å². The zero-order valence-corrected chi connectivity index (χ0v) is 9.91. The van der Waals surface area contributed by atoms with Crippen LogP contribution >= 0.6 is 11.6 Å². The highest BCUT2D eigenvalue weighted by Crippen LogP contribution is 2.21. The smallest absolute Gasteiger partial charge is 0.239 e. The number of aldehydes is 1. The van der Waals surface area contributed by atoms with Crippen LogP contribution in [0.3, 0.4) is 0 Å². The van der Waals surface area contributed by atoms with E-state index in [1.54, 1.807) is 37.2 Å². The lowest BCUT2D eigenvalue weighted by molar-refractivity contribution is -0.119. The molecule has 0 saturated carbocycles. The van der Waals surface area contributed by atoms with Gasteiger partial charge < -0.3 is 10.2 Å². The lowest BCUT2D eigenvalue weighted by Crippen LogP contribution is -2.33. The van der Waals surface area contributed by atoms with Crippen LogP contribution in [0.5, 0.6) is 0 Å². The maximum atomic E-state index is 11.2. The predicted molar refractivity (Wildman–Crippen MR) is 64.2 cm³/mol. The third-order valence-corrected chi connectivity index (χ3v) is 2.42. The Morgan fingerprint density at radius 3 is 2.81 bits per heavy atom. The van der Waals surface area contributed by atoms with Gasteiger partial charge in [0.2, 0.25) is 5.91 Å². The summed E-state index contributed by atoms with van der Waals surface area (Å²) in [6, 6.07) is 4.98. The summed E-state index contributed by atoms with van der Waals surface area (Å²) in [6.07, 6.45) is 0.724. The predicted octanol–water partition coefficient (Wildman–Crippen LogP) is 1.33.